The van der Waals surface area contributed by atoms with E-state index in [1.807, 2.05) is 36.6 Å². The number of rotatable bonds is 6. The summed E-state index contributed by atoms with van der Waals surface area (Å²) in [6, 6.07) is 14.7. The number of ether oxygens (including phenoxy) is 1. The monoisotopic (exact) mass is 491 g/mol. The number of amides is 2. The lowest BCUT2D eigenvalue weighted by Gasteiger charge is -2.13. The van der Waals surface area contributed by atoms with Gasteiger partial charge in [0.05, 0.1) is 34.7 Å². The first-order valence-corrected chi connectivity index (χ1v) is 11.4. The topological polar surface area (TPSA) is 112 Å². The van der Waals surface area contributed by atoms with Gasteiger partial charge < -0.3 is 9.30 Å². The van der Waals surface area contributed by atoms with Crippen LogP contribution in [0.15, 0.2) is 59.5 Å². The smallest absolute Gasteiger partial charge is 0.339 e. The number of benzene rings is 2. The SMILES string of the molecule is COC(=O)c1ccccc1-n1c(C)cc(/C=C2\SC(=O)N(Cc3ccc([N+](=O)[O-])cc3)C2=O)c1C. The fourth-order valence-electron chi connectivity index (χ4n) is 3.94. The zero-order valence-corrected chi connectivity index (χ0v) is 20.0. The number of imide groups is 1. The van der Waals surface area contributed by atoms with Crippen molar-refractivity contribution in [1.82, 2.24) is 9.47 Å². The fourth-order valence-corrected chi connectivity index (χ4v) is 4.77. The van der Waals surface area contributed by atoms with Crippen LogP contribution < -0.4 is 0 Å². The Morgan fingerprint density at radius 1 is 1.11 bits per heavy atom. The number of nitrogens with zero attached hydrogens (tertiary/aromatic N) is 3. The molecule has 0 N–H and O–H groups in total. The van der Waals surface area contributed by atoms with E-state index in [1.165, 1.54) is 31.4 Å². The van der Waals surface area contributed by atoms with E-state index in [0.717, 1.165) is 33.6 Å². The first-order chi connectivity index (χ1) is 16.7. The van der Waals surface area contributed by atoms with Gasteiger partial charge in [-0.25, -0.2) is 4.79 Å². The van der Waals surface area contributed by atoms with Crippen LogP contribution in [0.3, 0.4) is 0 Å². The molecule has 0 spiro atoms. The molecule has 178 valence electrons. The average molecular weight is 492 g/mol. The Labute approximate surface area is 205 Å². The van der Waals surface area contributed by atoms with Crippen LogP contribution in [0.2, 0.25) is 0 Å². The summed E-state index contributed by atoms with van der Waals surface area (Å²) in [4.78, 5) is 49.5. The highest BCUT2D eigenvalue weighted by Gasteiger charge is 2.35. The van der Waals surface area contributed by atoms with Gasteiger partial charge in [0.2, 0.25) is 0 Å². The van der Waals surface area contributed by atoms with E-state index < -0.39 is 22.0 Å². The Morgan fingerprint density at radius 2 is 1.80 bits per heavy atom. The number of non-ortho nitro benzene ring substituents is 1. The Morgan fingerprint density at radius 3 is 2.46 bits per heavy atom. The van der Waals surface area contributed by atoms with Gasteiger partial charge in [-0.3, -0.25) is 24.6 Å². The van der Waals surface area contributed by atoms with Gasteiger partial charge in [-0.05, 0) is 61.0 Å². The van der Waals surface area contributed by atoms with Crippen LogP contribution in [-0.2, 0) is 16.1 Å². The van der Waals surface area contributed by atoms with Crippen LogP contribution in [-0.4, -0.2) is 38.6 Å². The summed E-state index contributed by atoms with van der Waals surface area (Å²) in [6.07, 6.45) is 1.67. The standard InChI is InChI=1S/C25H21N3O6S/c1-15-12-18(16(2)27(15)21-7-5-4-6-20(21)24(30)34-3)13-22-23(29)26(25(31)35-22)14-17-8-10-19(11-9-17)28(32)33/h4-13H,14H2,1-3H3/b22-13-. The Balaban J connectivity index is 1.63. The van der Waals surface area contributed by atoms with Gasteiger partial charge in [0.25, 0.3) is 16.8 Å². The molecule has 1 aliphatic heterocycles. The molecule has 0 radical (unpaired) electrons. The molecule has 1 fully saturated rings. The van der Waals surface area contributed by atoms with E-state index >= 15 is 0 Å². The molecule has 0 unspecified atom stereocenters. The van der Waals surface area contributed by atoms with E-state index in [4.69, 9.17) is 4.74 Å². The summed E-state index contributed by atoms with van der Waals surface area (Å²) in [5.41, 5.74) is 3.98. The number of para-hydroxylation sites is 1. The average Bonchev–Trinajstić information content (AvgIpc) is 3.27. The summed E-state index contributed by atoms with van der Waals surface area (Å²) in [7, 11) is 1.33. The molecule has 35 heavy (non-hydrogen) atoms. The molecule has 10 heteroatoms. The van der Waals surface area contributed by atoms with Crippen molar-refractivity contribution in [1.29, 1.82) is 0 Å². The normalized spacial score (nSPS) is 14.6. The number of nitro groups is 1. The number of aryl methyl sites for hydroxylation is 1. The van der Waals surface area contributed by atoms with Crippen LogP contribution >= 0.6 is 11.8 Å². The van der Waals surface area contributed by atoms with Crippen LogP contribution in [0.25, 0.3) is 11.8 Å². The third kappa shape index (κ3) is 4.60. The van der Waals surface area contributed by atoms with E-state index in [2.05, 4.69) is 0 Å². The van der Waals surface area contributed by atoms with Crippen molar-refractivity contribution >= 4 is 40.6 Å². The Hall–Kier alpha value is -4.18. The van der Waals surface area contributed by atoms with Crippen molar-refractivity contribution < 1.29 is 24.0 Å². The number of thioether (sulfide) groups is 1. The summed E-state index contributed by atoms with van der Waals surface area (Å²) in [5.74, 6) is -0.889. The lowest BCUT2D eigenvalue weighted by molar-refractivity contribution is -0.384. The lowest BCUT2D eigenvalue weighted by atomic mass is 10.1. The number of hydrogen-bond donors (Lipinski definition) is 0. The van der Waals surface area contributed by atoms with Gasteiger partial charge in [-0.15, -0.1) is 0 Å². The quantitative estimate of drug-likeness (QED) is 0.206. The van der Waals surface area contributed by atoms with Gasteiger partial charge in [0, 0.05) is 23.5 Å². The highest BCUT2D eigenvalue weighted by Crippen LogP contribution is 2.35. The molecule has 0 atom stereocenters. The predicted molar refractivity (Wildman–Crippen MR) is 131 cm³/mol. The fraction of sp³-hybridized carbons (Fsp3) is 0.160. The molecule has 2 heterocycles. The highest BCUT2D eigenvalue weighted by molar-refractivity contribution is 8.18. The van der Waals surface area contributed by atoms with Gasteiger partial charge >= 0.3 is 5.97 Å². The molecule has 0 aliphatic carbocycles. The predicted octanol–water partition coefficient (Wildman–Crippen LogP) is 5.03. The van der Waals surface area contributed by atoms with Crippen molar-refractivity contribution in [2.24, 2.45) is 0 Å². The second-order valence-corrected chi connectivity index (χ2v) is 8.86. The van der Waals surface area contributed by atoms with Crippen LogP contribution in [0.1, 0.15) is 32.9 Å². The minimum Gasteiger partial charge on any atom is -0.465 e. The number of aromatic nitrogens is 1. The third-order valence-electron chi connectivity index (χ3n) is 5.67. The Kier molecular flexibility index (Phi) is 6.57. The maximum atomic E-state index is 13.0. The highest BCUT2D eigenvalue weighted by atomic mass is 32.2. The molecule has 1 saturated heterocycles. The number of carbonyl (C=O) groups excluding carboxylic acids is 3. The van der Waals surface area contributed by atoms with Crippen molar-refractivity contribution in [3.05, 3.63) is 97.7 Å². The van der Waals surface area contributed by atoms with E-state index in [-0.39, 0.29) is 17.1 Å². The van der Waals surface area contributed by atoms with Crippen LogP contribution in [0.5, 0.6) is 0 Å². The molecule has 0 saturated carbocycles. The minimum absolute atomic E-state index is 0.0194. The second-order valence-electron chi connectivity index (χ2n) is 7.86. The number of nitro benzene ring substituents is 1. The van der Waals surface area contributed by atoms with Crippen molar-refractivity contribution in [3.8, 4) is 5.69 Å². The maximum Gasteiger partial charge on any atom is 0.339 e. The van der Waals surface area contributed by atoms with Gasteiger partial charge in [-0.2, -0.15) is 0 Å². The maximum absolute atomic E-state index is 13.0. The van der Waals surface area contributed by atoms with E-state index in [0.29, 0.717) is 16.8 Å². The van der Waals surface area contributed by atoms with Crippen LogP contribution in [0.4, 0.5) is 10.5 Å². The second kappa shape index (κ2) is 9.59. The number of methoxy groups -OCH3 is 1. The largest absolute Gasteiger partial charge is 0.465 e. The minimum atomic E-state index is -0.507. The summed E-state index contributed by atoms with van der Waals surface area (Å²) >= 11 is 0.842. The molecule has 0 bridgehead atoms. The summed E-state index contributed by atoms with van der Waals surface area (Å²) < 4.78 is 6.81. The summed E-state index contributed by atoms with van der Waals surface area (Å²) in [6.45, 7) is 3.78. The zero-order chi connectivity index (χ0) is 25.3. The first kappa shape index (κ1) is 24.0. The molecule has 3 aromatic rings. The molecule has 9 nitrogen and oxygen atoms in total. The molecular formula is C25H21N3O6S. The third-order valence-corrected chi connectivity index (χ3v) is 6.58. The van der Waals surface area contributed by atoms with E-state index in [1.54, 1.807) is 18.2 Å². The first-order valence-electron chi connectivity index (χ1n) is 10.6. The van der Waals surface area contributed by atoms with E-state index in [9.17, 15) is 24.5 Å². The van der Waals surface area contributed by atoms with Crippen molar-refractivity contribution in [2.45, 2.75) is 20.4 Å². The number of hydrogen-bond acceptors (Lipinski definition) is 7. The molecule has 4 rings (SSSR count). The molecule has 2 aromatic carbocycles. The molecule has 2 amide bonds. The van der Waals surface area contributed by atoms with Gasteiger partial charge in [-0.1, -0.05) is 24.3 Å². The molecule has 1 aliphatic rings. The van der Waals surface area contributed by atoms with Crippen molar-refractivity contribution in [2.75, 3.05) is 7.11 Å². The molecule has 1 aromatic heterocycles. The van der Waals surface area contributed by atoms with Crippen LogP contribution in [0, 0.1) is 24.0 Å². The number of carbonyl (C=O) groups is 3. The number of esters is 1. The van der Waals surface area contributed by atoms with Gasteiger partial charge in [0.15, 0.2) is 0 Å². The Bertz CT molecular complexity index is 1390. The molecular weight excluding hydrogens is 470 g/mol. The van der Waals surface area contributed by atoms with Crippen molar-refractivity contribution in [3.63, 3.8) is 0 Å². The summed E-state index contributed by atoms with van der Waals surface area (Å²) in [5, 5.41) is 10.4. The lowest BCUT2D eigenvalue weighted by Crippen LogP contribution is -2.27. The van der Waals surface area contributed by atoms with Gasteiger partial charge in [0.1, 0.15) is 0 Å². The zero-order valence-electron chi connectivity index (χ0n) is 19.2.